The van der Waals surface area contributed by atoms with Gasteiger partial charge in [-0.15, -0.1) is 0 Å². The summed E-state index contributed by atoms with van der Waals surface area (Å²) in [5.41, 5.74) is 1.80. The van der Waals surface area contributed by atoms with Gasteiger partial charge in [-0.2, -0.15) is 0 Å². The van der Waals surface area contributed by atoms with E-state index in [9.17, 15) is 5.11 Å². The van der Waals surface area contributed by atoms with Crippen LogP contribution in [0.15, 0.2) is 48.5 Å². The molecule has 0 saturated carbocycles. The Kier molecular flexibility index (Phi) is 5.57. The highest BCUT2D eigenvalue weighted by Gasteiger charge is 2.33. The highest BCUT2D eigenvalue weighted by atomic mass is 35.5. The average molecular weight is 352 g/mol. The summed E-state index contributed by atoms with van der Waals surface area (Å²) in [6, 6.07) is 15.2. The molecule has 1 aliphatic heterocycles. The predicted octanol–water partition coefficient (Wildman–Crippen LogP) is 3.47. The van der Waals surface area contributed by atoms with Gasteiger partial charge in [0.25, 0.3) is 0 Å². The van der Waals surface area contributed by atoms with Crippen molar-refractivity contribution >= 4 is 23.2 Å². The number of aliphatic hydroxyl groups is 1. The van der Waals surface area contributed by atoms with E-state index in [0.29, 0.717) is 23.2 Å². The number of ether oxygens (including phenoxy) is 1. The average Bonchev–Trinajstić information content (AvgIpc) is 2.60. The second kappa shape index (κ2) is 7.65. The van der Waals surface area contributed by atoms with Crippen LogP contribution in [0.4, 0.5) is 0 Å². The van der Waals surface area contributed by atoms with Crippen LogP contribution >= 0.6 is 23.2 Å². The first-order valence-electron chi connectivity index (χ1n) is 7.67. The molecule has 0 bridgehead atoms. The molecule has 5 heteroatoms. The second-order valence-corrected chi connectivity index (χ2v) is 6.50. The molecule has 2 aromatic rings. The van der Waals surface area contributed by atoms with Crippen molar-refractivity contribution in [3.05, 3.63) is 69.7 Å². The largest absolute Gasteiger partial charge is 0.389 e. The number of rotatable bonds is 4. The zero-order valence-corrected chi connectivity index (χ0v) is 14.1. The highest BCUT2D eigenvalue weighted by Crippen LogP contribution is 2.36. The number of nitrogens with one attached hydrogen (secondary N) is 1. The Morgan fingerprint density at radius 3 is 2.61 bits per heavy atom. The van der Waals surface area contributed by atoms with Crippen LogP contribution < -0.4 is 5.32 Å². The minimum Gasteiger partial charge on any atom is -0.389 e. The topological polar surface area (TPSA) is 41.5 Å². The lowest BCUT2D eigenvalue weighted by molar-refractivity contribution is -0.0576. The lowest BCUT2D eigenvalue weighted by atomic mass is 9.84. The first kappa shape index (κ1) is 16.7. The van der Waals surface area contributed by atoms with Gasteiger partial charge in [-0.05, 0) is 29.3 Å². The summed E-state index contributed by atoms with van der Waals surface area (Å²) in [7, 11) is 0. The Morgan fingerprint density at radius 2 is 1.91 bits per heavy atom. The van der Waals surface area contributed by atoms with Crippen molar-refractivity contribution in [1.82, 2.24) is 5.32 Å². The molecule has 3 unspecified atom stereocenters. The molecule has 0 spiro atoms. The van der Waals surface area contributed by atoms with E-state index in [1.54, 1.807) is 12.1 Å². The quantitative estimate of drug-likeness (QED) is 0.885. The molecule has 0 radical (unpaired) electrons. The minimum atomic E-state index is -0.721. The normalized spacial score (nSPS) is 20.9. The Morgan fingerprint density at radius 1 is 1.13 bits per heavy atom. The Balaban J connectivity index is 2.01. The predicted molar refractivity (Wildman–Crippen MR) is 93.4 cm³/mol. The molecule has 23 heavy (non-hydrogen) atoms. The van der Waals surface area contributed by atoms with Crippen LogP contribution in [0.1, 0.15) is 17.0 Å². The van der Waals surface area contributed by atoms with E-state index in [1.807, 2.05) is 36.4 Å². The van der Waals surface area contributed by atoms with Gasteiger partial charge in [-0.1, -0.05) is 53.5 Å². The maximum Gasteiger partial charge on any atom is 0.0967 e. The SMILES string of the molecule is OC(C1CNCCO1)C(c1ccccc1)c1cc(Cl)ccc1Cl. The molecule has 2 N–H and O–H groups in total. The molecule has 1 heterocycles. The van der Waals surface area contributed by atoms with Crippen molar-refractivity contribution in [2.45, 2.75) is 18.1 Å². The lowest BCUT2D eigenvalue weighted by Gasteiger charge is -2.33. The van der Waals surface area contributed by atoms with Crippen LogP contribution in [0.3, 0.4) is 0 Å². The molecule has 3 atom stereocenters. The molecule has 3 nitrogen and oxygen atoms in total. The van der Waals surface area contributed by atoms with Gasteiger partial charge in [-0.3, -0.25) is 0 Å². The van der Waals surface area contributed by atoms with Gasteiger partial charge in [0.15, 0.2) is 0 Å². The van der Waals surface area contributed by atoms with Crippen LogP contribution in [-0.2, 0) is 4.74 Å². The van der Waals surface area contributed by atoms with E-state index < -0.39 is 6.10 Å². The van der Waals surface area contributed by atoms with Gasteiger partial charge in [0.1, 0.15) is 0 Å². The molecule has 1 saturated heterocycles. The van der Waals surface area contributed by atoms with Crippen molar-refractivity contribution in [1.29, 1.82) is 0 Å². The first-order valence-corrected chi connectivity index (χ1v) is 8.42. The summed E-state index contributed by atoms with van der Waals surface area (Å²) in [4.78, 5) is 0. The zero-order chi connectivity index (χ0) is 16.2. The van der Waals surface area contributed by atoms with Gasteiger partial charge in [0.05, 0.1) is 18.8 Å². The second-order valence-electron chi connectivity index (χ2n) is 5.66. The molecule has 1 fully saturated rings. The third-order valence-corrected chi connectivity index (χ3v) is 4.71. The van der Waals surface area contributed by atoms with E-state index in [1.165, 1.54) is 0 Å². The fourth-order valence-electron chi connectivity index (χ4n) is 2.99. The van der Waals surface area contributed by atoms with Gasteiger partial charge in [0.2, 0.25) is 0 Å². The maximum atomic E-state index is 11.0. The smallest absolute Gasteiger partial charge is 0.0967 e. The molecule has 0 aliphatic carbocycles. The summed E-state index contributed by atoms with van der Waals surface area (Å²) in [6.07, 6.45) is -1.01. The van der Waals surface area contributed by atoms with Gasteiger partial charge >= 0.3 is 0 Å². The summed E-state index contributed by atoms with van der Waals surface area (Å²) in [5.74, 6) is -0.299. The highest BCUT2D eigenvalue weighted by molar-refractivity contribution is 6.33. The number of hydrogen-bond acceptors (Lipinski definition) is 3. The molecule has 0 amide bonds. The van der Waals surface area contributed by atoms with E-state index >= 15 is 0 Å². The molecule has 0 aromatic heterocycles. The molecule has 122 valence electrons. The fraction of sp³-hybridized carbons (Fsp3) is 0.333. The molecular formula is C18H19Cl2NO2. The van der Waals surface area contributed by atoms with Crippen LogP contribution in [0.2, 0.25) is 10.0 Å². The molecule has 3 rings (SSSR count). The molecular weight excluding hydrogens is 333 g/mol. The monoisotopic (exact) mass is 351 g/mol. The Bertz CT molecular complexity index is 645. The summed E-state index contributed by atoms with van der Waals surface area (Å²) < 4.78 is 5.75. The third-order valence-electron chi connectivity index (χ3n) is 4.13. The number of aliphatic hydroxyl groups excluding tert-OH is 1. The Labute approximate surface area is 146 Å². The summed E-state index contributed by atoms with van der Waals surface area (Å²) in [5, 5.41) is 15.4. The van der Waals surface area contributed by atoms with Crippen LogP contribution in [0.5, 0.6) is 0 Å². The number of morpholine rings is 1. The van der Waals surface area contributed by atoms with Crippen LogP contribution in [-0.4, -0.2) is 37.0 Å². The third kappa shape index (κ3) is 3.87. The lowest BCUT2D eigenvalue weighted by Crippen LogP contribution is -2.47. The Hall–Kier alpha value is -1.10. The van der Waals surface area contributed by atoms with Gasteiger partial charge in [-0.25, -0.2) is 0 Å². The maximum absolute atomic E-state index is 11.0. The van der Waals surface area contributed by atoms with Crippen LogP contribution in [0, 0.1) is 0 Å². The standard InChI is InChI=1S/C18H19Cl2NO2/c19-13-6-7-15(20)14(10-13)17(12-4-2-1-3-5-12)18(22)16-11-21-8-9-23-16/h1-7,10,16-18,21-22H,8-9,11H2. The van der Waals surface area contributed by atoms with Crippen molar-refractivity contribution < 1.29 is 9.84 Å². The molecule has 2 aromatic carbocycles. The zero-order valence-electron chi connectivity index (χ0n) is 12.6. The van der Waals surface area contributed by atoms with Crippen molar-refractivity contribution in [3.8, 4) is 0 Å². The van der Waals surface area contributed by atoms with Crippen molar-refractivity contribution in [3.63, 3.8) is 0 Å². The van der Waals surface area contributed by atoms with Crippen LogP contribution in [0.25, 0.3) is 0 Å². The number of halogens is 2. The van der Waals surface area contributed by atoms with E-state index in [-0.39, 0.29) is 12.0 Å². The number of hydrogen-bond donors (Lipinski definition) is 2. The van der Waals surface area contributed by atoms with Gasteiger partial charge in [0, 0.05) is 29.1 Å². The first-order chi connectivity index (χ1) is 11.2. The molecule has 1 aliphatic rings. The van der Waals surface area contributed by atoms with Crippen molar-refractivity contribution in [2.75, 3.05) is 19.7 Å². The minimum absolute atomic E-state index is 0.288. The fourth-order valence-corrected chi connectivity index (χ4v) is 3.41. The van der Waals surface area contributed by atoms with E-state index in [4.69, 9.17) is 27.9 Å². The van der Waals surface area contributed by atoms with E-state index in [2.05, 4.69) is 5.32 Å². The van der Waals surface area contributed by atoms with Crippen molar-refractivity contribution in [2.24, 2.45) is 0 Å². The summed E-state index contributed by atoms with van der Waals surface area (Å²) in [6.45, 7) is 2.01. The number of benzene rings is 2. The summed E-state index contributed by atoms with van der Waals surface area (Å²) >= 11 is 12.6. The van der Waals surface area contributed by atoms with E-state index in [0.717, 1.165) is 17.7 Å². The van der Waals surface area contributed by atoms with Gasteiger partial charge < -0.3 is 15.2 Å².